The Morgan fingerprint density at radius 2 is 2.47 bits per heavy atom. The molecule has 0 aliphatic carbocycles. The molecular weight excluding hydrogens is 272 g/mol. The molecule has 15 heavy (non-hydrogen) atoms. The van der Waals surface area contributed by atoms with Crippen molar-refractivity contribution < 1.29 is 0 Å². The second-order valence-corrected chi connectivity index (χ2v) is 6.40. The summed E-state index contributed by atoms with van der Waals surface area (Å²) in [5, 5.41) is 3.47. The molecule has 1 fully saturated rings. The van der Waals surface area contributed by atoms with Gasteiger partial charge in [0, 0.05) is 46.4 Å². The average molecular weight is 289 g/mol. The second kappa shape index (κ2) is 4.95. The summed E-state index contributed by atoms with van der Waals surface area (Å²) in [4.78, 5) is 5.38. The van der Waals surface area contributed by atoms with Crippen molar-refractivity contribution in [1.82, 2.24) is 10.2 Å². The van der Waals surface area contributed by atoms with Gasteiger partial charge in [-0.15, -0.1) is 11.3 Å². The maximum atomic E-state index is 3.57. The van der Waals surface area contributed by atoms with Crippen LogP contribution in [-0.4, -0.2) is 30.6 Å². The molecule has 2 heterocycles. The number of piperazine rings is 1. The highest BCUT2D eigenvalue weighted by Crippen LogP contribution is 2.27. The van der Waals surface area contributed by atoms with Crippen LogP contribution < -0.4 is 5.32 Å². The summed E-state index contributed by atoms with van der Waals surface area (Å²) < 4.78 is 1.26. The topological polar surface area (TPSA) is 15.3 Å². The van der Waals surface area contributed by atoms with Crippen LogP contribution in [0.3, 0.4) is 0 Å². The van der Waals surface area contributed by atoms with Gasteiger partial charge < -0.3 is 5.32 Å². The highest BCUT2D eigenvalue weighted by atomic mass is 79.9. The third-order valence-electron chi connectivity index (χ3n) is 2.74. The number of thiophene rings is 1. The lowest BCUT2D eigenvalue weighted by molar-refractivity contribution is 0.201. The lowest BCUT2D eigenvalue weighted by atomic mass is 10.2. The van der Waals surface area contributed by atoms with Gasteiger partial charge in [-0.25, -0.2) is 0 Å². The van der Waals surface area contributed by atoms with Gasteiger partial charge in [-0.05, 0) is 35.8 Å². The first-order valence-corrected chi connectivity index (χ1v) is 6.96. The van der Waals surface area contributed by atoms with Crippen LogP contribution in [0, 0.1) is 6.92 Å². The van der Waals surface area contributed by atoms with Gasteiger partial charge in [0.25, 0.3) is 0 Å². The lowest BCUT2D eigenvalue weighted by Crippen LogP contribution is -2.48. The molecule has 1 aliphatic heterocycles. The second-order valence-electron chi connectivity index (χ2n) is 4.21. The maximum absolute atomic E-state index is 3.57. The smallest absolute Gasteiger partial charge is 0.0329 e. The van der Waals surface area contributed by atoms with E-state index in [1.54, 1.807) is 0 Å². The summed E-state index contributed by atoms with van der Waals surface area (Å²) in [6, 6.07) is 2.88. The van der Waals surface area contributed by atoms with Gasteiger partial charge in [0.05, 0.1) is 0 Å². The largest absolute Gasteiger partial charge is 0.312 e. The van der Waals surface area contributed by atoms with Gasteiger partial charge in [0.1, 0.15) is 0 Å². The van der Waals surface area contributed by atoms with Crippen LogP contribution in [0.15, 0.2) is 10.5 Å². The van der Waals surface area contributed by atoms with Crippen LogP contribution in [0.1, 0.15) is 16.7 Å². The summed E-state index contributed by atoms with van der Waals surface area (Å²) in [5.41, 5.74) is 0. The first-order chi connectivity index (χ1) is 7.15. The molecule has 0 spiro atoms. The van der Waals surface area contributed by atoms with Crippen molar-refractivity contribution in [2.45, 2.75) is 26.4 Å². The van der Waals surface area contributed by atoms with E-state index in [2.05, 4.69) is 46.1 Å². The molecule has 0 amide bonds. The monoisotopic (exact) mass is 288 g/mol. The standard InChI is InChI=1S/C11H17BrN2S/c1-8-6-14(4-3-13-8)7-10-5-11(12)9(2)15-10/h5,8,13H,3-4,6-7H2,1-2H3. The Kier molecular flexibility index (Phi) is 3.83. The predicted molar refractivity (Wildman–Crippen MR) is 69.5 cm³/mol. The number of hydrogen-bond acceptors (Lipinski definition) is 3. The van der Waals surface area contributed by atoms with Crippen LogP contribution in [0.5, 0.6) is 0 Å². The zero-order chi connectivity index (χ0) is 10.8. The van der Waals surface area contributed by atoms with Crippen molar-refractivity contribution in [2.24, 2.45) is 0 Å². The Labute approximate surface area is 104 Å². The van der Waals surface area contributed by atoms with Gasteiger partial charge in [0.15, 0.2) is 0 Å². The molecule has 1 unspecified atom stereocenters. The van der Waals surface area contributed by atoms with E-state index in [-0.39, 0.29) is 0 Å². The van der Waals surface area contributed by atoms with Crippen molar-refractivity contribution in [3.63, 3.8) is 0 Å². The minimum absolute atomic E-state index is 0.628. The Morgan fingerprint density at radius 1 is 1.67 bits per heavy atom. The summed E-state index contributed by atoms with van der Waals surface area (Å²) in [6.45, 7) is 8.96. The van der Waals surface area contributed by atoms with Crippen molar-refractivity contribution in [3.05, 3.63) is 20.3 Å². The molecule has 4 heteroatoms. The molecule has 0 bridgehead atoms. The molecule has 1 aliphatic rings. The van der Waals surface area contributed by atoms with E-state index < -0.39 is 0 Å². The molecule has 1 N–H and O–H groups in total. The van der Waals surface area contributed by atoms with Crippen LogP contribution in [0.4, 0.5) is 0 Å². The summed E-state index contributed by atoms with van der Waals surface area (Å²) in [6.07, 6.45) is 0. The molecule has 0 radical (unpaired) electrons. The quantitative estimate of drug-likeness (QED) is 0.900. The molecule has 2 rings (SSSR count). The SMILES string of the molecule is Cc1sc(CN2CCNC(C)C2)cc1Br. The fourth-order valence-corrected chi connectivity index (χ4v) is 3.62. The lowest BCUT2D eigenvalue weighted by Gasteiger charge is -2.31. The van der Waals surface area contributed by atoms with Crippen molar-refractivity contribution in [2.75, 3.05) is 19.6 Å². The third kappa shape index (κ3) is 3.03. The molecular formula is C11H17BrN2S. The Balaban J connectivity index is 1.96. The van der Waals surface area contributed by atoms with Gasteiger partial charge in [-0.1, -0.05) is 0 Å². The first kappa shape index (κ1) is 11.6. The van der Waals surface area contributed by atoms with Crippen molar-refractivity contribution in [3.8, 4) is 0 Å². The fraction of sp³-hybridized carbons (Fsp3) is 0.636. The zero-order valence-corrected chi connectivity index (χ0v) is 11.6. The normalized spacial score (nSPS) is 23.3. The number of rotatable bonds is 2. The summed E-state index contributed by atoms with van der Waals surface area (Å²) in [5.74, 6) is 0. The van der Waals surface area contributed by atoms with Crippen molar-refractivity contribution >= 4 is 27.3 Å². The van der Waals surface area contributed by atoms with Crippen LogP contribution in [0.2, 0.25) is 0 Å². The van der Waals surface area contributed by atoms with E-state index in [0.29, 0.717) is 6.04 Å². The molecule has 1 atom stereocenters. The fourth-order valence-electron chi connectivity index (χ4n) is 1.97. The number of nitrogens with one attached hydrogen (secondary N) is 1. The van der Waals surface area contributed by atoms with Crippen LogP contribution in [0.25, 0.3) is 0 Å². The summed E-state index contributed by atoms with van der Waals surface area (Å²) in [7, 11) is 0. The molecule has 84 valence electrons. The van der Waals surface area contributed by atoms with E-state index in [9.17, 15) is 0 Å². The third-order valence-corrected chi connectivity index (χ3v) is 4.86. The van der Waals surface area contributed by atoms with Crippen LogP contribution >= 0.6 is 27.3 Å². The van der Waals surface area contributed by atoms with Crippen molar-refractivity contribution in [1.29, 1.82) is 0 Å². The predicted octanol–water partition coefficient (Wildman–Crippen LogP) is 2.61. The first-order valence-electron chi connectivity index (χ1n) is 5.35. The van der Waals surface area contributed by atoms with Gasteiger partial charge in [-0.3, -0.25) is 4.90 Å². The van der Waals surface area contributed by atoms with Gasteiger partial charge in [-0.2, -0.15) is 0 Å². The Hall–Kier alpha value is 0.100. The van der Waals surface area contributed by atoms with E-state index in [1.807, 2.05) is 11.3 Å². The molecule has 0 saturated carbocycles. The molecule has 2 nitrogen and oxygen atoms in total. The van der Waals surface area contributed by atoms with E-state index in [4.69, 9.17) is 0 Å². The minimum Gasteiger partial charge on any atom is -0.312 e. The highest BCUT2D eigenvalue weighted by Gasteiger charge is 2.16. The van der Waals surface area contributed by atoms with E-state index in [0.717, 1.165) is 19.6 Å². The van der Waals surface area contributed by atoms with E-state index in [1.165, 1.54) is 20.8 Å². The zero-order valence-electron chi connectivity index (χ0n) is 9.22. The molecule has 1 saturated heterocycles. The van der Waals surface area contributed by atoms with Crippen LogP contribution in [-0.2, 0) is 6.54 Å². The number of hydrogen-bond donors (Lipinski definition) is 1. The molecule has 1 aromatic heterocycles. The summed E-state index contributed by atoms with van der Waals surface area (Å²) >= 11 is 5.47. The van der Waals surface area contributed by atoms with E-state index >= 15 is 0 Å². The van der Waals surface area contributed by atoms with Gasteiger partial charge in [0.2, 0.25) is 0 Å². The number of aryl methyl sites for hydroxylation is 1. The molecule has 0 aromatic carbocycles. The Morgan fingerprint density at radius 3 is 3.07 bits per heavy atom. The highest BCUT2D eigenvalue weighted by molar-refractivity contribution is 9.10. The molecule has 1 aromatic rings. The van der Waals surface area contributed by atoms with Gasteiger partial charge >= 0.3 is 0 Å². The number of halogens is 1. The average Bonchev–Trinajstić information content (AvgIpc) is 2.45. The maximum Gasteiger partial charge on any atom is 0.0329 e. The minimum atomic E-state index is 0.628. The Bertz CT molecular complexity index is 318. The number of nitrogens with zero attached hydrogens (tertiary/aromatic N) is 1.